The molecule has 0 spiro atoms. The van der Waals surface area contributed by atoms with Gasteiger partial charge in [-0.3, -0.25) is 14.7 Å². The third kappa shape index (κ3) is 4.92. The molecule has 2 N–H and O–H groups in total. The second-order valence-electron chi connectivity index (χ2n) is 10.9. The van der Waals surface area contributed by atoms with E-state index >= 15 is 0 Å². The molecule has 2 aliphatic rings. The third-order valence-electron chi connectivity index (χ3n) is 7.08. The van der Waals surface area contributed by atoms with E-state index in [1.54, 1.807) is 9.80 Å². The minimum Gasteiger partial charge on any atom is -0.356 e. The first-order chi connectivity index (χ1) is 15.5. The van der Waals surface area contributed by atoms with Crippen molar-refractivity contribution in [2.24, 2.45) is 11.3 Å². The molecule has 7 heteroatoms. The number of likely N-dealkylation sites (N-methyl/N-ethyl adjacent to an activating group) is 1. The molecular formula is C26H37N5O2. The van der Waals surface area contributed by atoms with Crippen LogP contribution in [0, 0.1) is 18.3 Å². The largest absolute Gasteiger partial charge is 0.356 e. The summed E-state index contributed by atoms with van der Waals surface area (Å²) in [5, 5.41) is 7.76. The minimum absolute atomic E-state index is 0.0188. The van der Waals surface area contributed by atoms with E-state index in [0.717, 1.165) is 54.0 Å². The second kappa shape index (κ2) is 8.84. The number of H-pyrrole nitrogens is 2. The SMILES string of the molecule is Cc1[nH]nc(-c2cc3c([nH]2)CC(N(C)C(=O)CN2CCC(C)C2=O)C=C3)c1CCC(C)(C)C. The zero-order valence-corrected chi connectivity index (χ0v) is 20.8. The molecule has 33 heavy (non-hydrogen) atoms. The lowest BCUT2D eigenvalue weighted by Gasteiger charge is -2.29. The number of aryl methyl sites for hydroxylation is 1. The zero-order valence-electron chi connectivity index (χ0n) is 20.8. The summed E-state index contributed by atoms with van der Waals surface area (Å²) in [5.74, 6) is 0.0927. The molecule has 2 unspecified atom stereocenters. The Kier molecular flexibility index (Phi) is 6.25. The molecule has 0 radical (unpaired) electrons. The molecule has 1 saturated heterocycles. The Hall–Kier alpha value is -2.83. The van der Waals surface area contributed by atoms with Crippen LogP contribution in [0.15, 0.2) is 12.1 Å². The van der Waals surface area contributed by atoms with Crippen LogP contribution in [0.1, 0.15) is 63.1 Å². The van der Waals surface area contributed by atoms with Crippen LogP contribution in [-0.2, 0) is 22.4 Å². The van der Waals surface area contributed by atoms with E-state index < -0.39 is 0 Å². The van der Waals surface area contributed by atoms with Crippen LogP contribution in [-0.4, -0.2) is 63.0 Å². The van der Waals surface area contributed by atoms with Gasteiger partial charge in [-0.1, -0.05) is 39.8 Å². The normalized spacial score (nSPS) is 20.4. The Balaban J connectivity index is 1.46. The van der Waals surface area contributed by atoms with Crippen molar-refractivity contribution in [3.63, 3.8) is 0 Å². The van der Waals surface area contributed by atoms with Gasteiger partial charge < -0.3 is 14.8 Å². The molecule has 1 fully saturated rings. The van der Waals surface area contributed by atoms with Gasteiger partial charge in [-0.15, -0.1) is 0 Å². The Morgan fingerprint density at radius 1 is 1.33 bits per heavy atom. The molecule has 4 rings (SSSR count). The van der Waals surface area contributed by atoms with E-state index in [1.807, 2.05) is 14.0 Å². The first-order valence-electron chi connectivity index (χ1n) is 12.0. The topological polar surface area (TPSA) is 85.1 Å². The number of hydrogen-bond donors (Lipinski definition) is 2. The number of likely N-dealkylation sites (tertiary alicyclic amines) is 1. The van der Waals surface area contributed by atoms with Crippen molar-refractivity contribution in [1.29, 1.82) is 0 Å². The third-order valence-corrected chi connectivity index (χ3v) is 7.08. The molecule has 2 aromatic rings. The lowest BCUT2D eigenvalue weighted by atomic mass is 9.88. The first-order valence-corrected chi connectivity index (χ1v) is 12.0. The number of rotatable bonds is 6. The molecule has 2 atom stereocenters. The van der Waals surface area contributed by atoms with Crippen molar-refractivity contribution in [1.82, 2.24) is 25.0 Å². The highest BCUT2D eigenvalue weighted by atomic mass is 16.2. The standard InChI is InChI=1S/C26H37N5O2/c1-16-10-12-31(25(16)33)15-23(32)30(6)19-8-7-18-13-22(27-21(18)14-19)24-20(17(2)28-29-24)9-11-26(3,4)5/h7-8,13,16,19,27H,9-12,14-15H2,1-6H3,(H,28,29). The van der Waals surface area contributed by atoms with Crippen molar-refractivity contribution in [2.45, 2.75) is 66.3 Å². The first kappa shape index (κ1) is 23.3. The molecule has 3 heterocycles. The van der Waals surface area contributed by atoms with Gasteiger partial charge >= 0.3 is 0 Å². The predicted molar refractivity (Wildman–Crippen MR) is 131 cm³/mol. The lowest BCUT2D eigenvalue weighted by Crippen LogP contribution is -2.44. The predicted octanol–water partition coefficient (Wildman–Crippen LogP) is 3.96. The maximum absolute atomic E-state index is 12.9. The van der Waals surface area contributed by atoms with E-state index in [1.165, 1.54) is 5.56 Å². The highest BCUT2D eigenvalue weighted by molar-refractivity contribution is 5.87. The molecule has 0 saturated carbocycles. The smallest absolute Gasteiger partial charge is 0.242 e. The van der Waals surface area contributed by atoms with Gasteiger partial charge in [-0.25, -0.2) is 0 Å². The summed E-state index contributed by atoms with van der Waals surface area (Å²) >= 11 is 0. The molecular weight excluding hydrogens is 414 g/mol. The molecule has 1 aliphatic carbocycles. The molecule has 0 bridgehead atoms. The zero-order chi connectivity index (χ0) is 23.9. The Labute approximate surface area is 196 Å². The van der Waals surface area contributed by atoms with Gasteiger partial charge in [0.25, 0.3) is 0 Å². The van der Waals surface area contributed by atoms with E-state index in [2.05, 4.69) is 61.1 Å². The van der Waals surface area contributed by atoms with Gasteiger partial charge in [0.2, 0.25) is 11.8 Å². The van der Waals surface area contributed by atoms with Crippen molar-refractivity contribution < 1.29 is 9.59 Å². The minimum atomic E-state index is -0.0343. The van der Waals surface area contributed by atoms with Gasteiger partial charge in [-0.05, 0) is 43.2 Å². The van der Waals surface area contributed by atoms with Crippen LogP contribution in [0.4, 0.5) is 0 Å². The number of nitrogens with one attached hydrogen (secondary N) is 2. The van der Waals surface area contributed by atoms with E-state index in [0.29, 0.717) is 6.54 Å². The van der Waals surface area contributed by atoms with Crippen LogP contribution in [0.5, 0.6) is 0 Å². The van der Waals surface area contributed by atoms with Gasteiger partial charge in [0.15, 0.2) is 0 Å². The van der Waals surface area contributed by atoms with E-state index in [9.17, 15) is 9.59 Å². The molecule has 1 aliphatic heterocycles. The van der Waals surface area contributed by atoms with Gasteiger partial charge in [-0.2, -0.15) is 5.10 Å². The molecule has 7 nitrogen and oxygen atoms in total. The van der Waals surface area contributed by atoms with Crippen LogP contribution in [0.3, 0.4) is 0 Å². The maximum Gasteiger partial charge on any atom is 0.242 e. The highest BCUT2D eigenvalue weighted by Crippen LogP contribution is 2.32. The lowest BCUT2D eigenvalue weighted by molar-refractivity contribution is -0.139. The fraction of sp³-hybridized carbons (Fsp3) is 0.577. The summed E-state index contributed by atoms with van der Waals surface area (Å²) in [7, 11) is 1.83. The summed E-state index contributed by atoms with van der Waals surface area (Å²) in [6, 6.07) is 2.12. The number of aromatic nitrogens is 3. The van der Waals surface area contributed by atoms with Crippen LogP contribution in [0.25, 0.3) is 17.5 Å². The summed E-state index contributed by atoms with van der Waals surface area (Å²) < 4.78 is 0. The number of amides is 2. The fourth-order valence-electron chi connectivity index (χ4n) is 4.71. The van der Waals surface area contributed by atoms with Crippen LogP contribution < -0.4 is 0 Å². The number of nitrogens with zero attached hydrogens (tertiary/aromatic N) is 3. The molecule has 178 valence electrons. The maximum atomic E-state index is 12.9. The summed E-state index contributed by atoms with van der Waals surface area (Å²) in [6.45, 7) is 11.6. The van der Waals surface area contributed by atoms with E-state index in [-0.39, 0.29) is 35.7 Å². The average Bonchev–Trinajstić information content (AvgIpc) is 3.43. The number of hydrogen-bond acceptors (Lipinski definition) is 3. The van der Waals surface area contributed by atoms with Crippen LogP contribution >= 0.6 is 0 Å². The summed E-state index contributed by atoms with van der Waals surface area (Å²) in [6.07, 6.45) is 7.80. The number of carbonyl (C=O) groups is 2. The Morgan fingerprint density at radius 2 is 2.09 bits per heavy atom. The summed E-state index contributed by atoms with van der Waals surface area (Å²) in [4.78, 5) is 32.1. The fourth-order valence-corrected chi connectivity index (χ4v) is 4.71. The van der Waals surface area contributed by atoms with Gasteiger partial charge in [0, 0.05) is 42.9 Å². The van der Waals surface area contributed by atoms with Crippen molar-refractivity contribution >= 4 is 17.9 Å². The van der Waals surface area contributed by atoms with Crippen LogP contribution in [0.2, 0.25) is 0 Å². The quantitative estimate of drug-likeness (QED) is 0.697. The van der Waals surface area contributed by atoms with Crippen molar-refractivity contribution in [3.8, 4) is 11.4 Å². The van der Waals surface area contributed by atoms with Gasteiger partial charge in [0.1, 0.15) is 5.69 Å². The number of carbonyl (C=O) groups excluding carboxylic acids is 2. The van der Waals surface area contributed by atoms with Gasteiger partial charge in [0.05, 0.1) is 18.3 Å². The molecule has 0 aromatic carbocycles. The van der Waals surface area contributed by atoms with Crippen molar-refractivity contribution in [3.05, 3.63) is 34.7 Å². The number of aromatic amines is 2. The van der Waals surface area contributed by atoms with E-state index in [4.69, 9.17) is 0 Å². The van der Waals surface area contributed by atoms with Crippen molar-refractivity contribution in [2.75, 3.05) is 20.1 Å². The number of fused-ring (bicyclic) bond motifs is 1. The molecule has 2 aromatic heterocycles. The Morgan fingerprint density at radius 3 is 2.76 bits per heavy atom. The highest BCUT2D eigenvalue weighted by Gasteiger charge is 2.31. The Bertz CT molecular complexity index is 1070. The second-order valence-corrected chi connectivity index (χ2v) is 10.9. The monoisotopic (exact) mass is 451 g/mol. The molecule has 2 amide bonds. The summed E-state index contributed by atoms with van der Waals surface area (Å²) in [5.41, 5.74) is 6.91. The average molecular weight is 452 g/mol.